The van der Waals surface area contributed by atoms with E-state index in [0.29, 0.717) is 11.4 Å². The number of hydrogen-bond donors (Lipinski definition) is 1. The van der Waals surface area contributed by atoms with Gasteiger partial charge in [0.15, 0.2) is 0 Å². The van der Waals surface area contributed by atoms with Crippen molar-refractivity contribution in [2.24, 2.45) is 0 Å². The zero-order valence-corrected chi connectivity index (χ0v) is 13.5. The van der Waals surface area contributed by atoms with Crippen molar-refractivity contribution >= 4 is 22.6 Å². The van der Waals surface area contributed by atoms with Gasteiger partial charge in [0.25, 0.3) is 0 Å². The van der Waals surface area contributed by atoms with Crippen LogP contribution in [0.5, 0.6) is 5.75 Å². The smallest absolute Gasteiger partial charge is 0.229 e. The number of furan rings is 1. The van der Waals surface area contributed by atoms with E-state index in [2.05, 4.69) is 5.32 Å². The number of fused-ring (bicyclic) bond motifs is 1. The fourth-order valence-electron chi connectivity index (χ4n) is 2.61. The highest BCUT2D eigenvalue weighted by Crippen LogP contribution is 2.26. The van der Waals surface area contributed by atoms with Gasteiger partial charge in [-0.1, -0.05) is 18.2 Å². The second-order valence-electron chi connectivity index (χ2n) is 5.69. The number of rotatable bonds is 4. The first-order valence-electron chi connectivity index (χ1n) is 7.48. The minimum absolute atomic E-state index is 0.0998. The Morgan fingerprint density at radius 3 is 2.65 bits per heavy atom. The number of carbonyl (C=O) groups excluding carboxylic acids is 1. The van der Waals surface area contributed by atoms with Gasteiger partial charge < -0.3 is 14.5 Å². The van der Waals surface area contributed by atoms with Crippen LogP contribution < -0.4 is 10.1 Å². The molecular formula is C19H19NO3. The molecule has 0 atom stereocenters. The van der Waals surface area contributed by atoms with Gasteiger partial charge >= 0.3 is 0 Å². The summed E-state index contributed by atoms with van der Waals surface area (Å²) in [6.07, 6.45) is 1.91. The summed E-state index contributed by atoms with van der Waals surface area (Å²) >= 11 is 0. The number of benzene rings is 2. The van der Waals surface area contributed by atoms with Crippen molar-refractivity contribution in [3.63, 3.8) is 0 Å². The first kappa shape index (κ1) is 15.2. The van der Waals surface area contributed by atoms with Gasteiger partial charge in [0.2, 0.25) is 5.91 Å². The maximum Gasteiger partial charge on any atom is 0.229 e. The van der Waals surface area contributed by atoms with E-state index in [9.17, 15) is 4.79 Å². The summed E-state index contributed by atoms with van der Waals surface area (Å²) in [6, 6.07) is 11.7. The van der Waals surface area contributed by atoms with Crippen molar-refractivity contribution < 1.29 is 13.9 Å². The highest BCUT2D eigenvalue weighted by atomic mass is 16.5. The molecule has 0 fully saturated rings. The zero-order chi connectivity index (χ0) is 16.4. The SMILES string of the molecule is COc1ccc(C)cc1NC(=O)Cc1coc2cc(C)ccc12. The third-order valence-corrected chi connectivity index (χ3v) is 3.79. The molecule has 0 aliphatic rings. The minimum Gasteiger partial charge on any atom is -0.495 e. The Labute approximate surface area is 135 Å². The lowest BCUT2D eigenvalue weighted by Crippen LogP contribution is -2.15. The summed E-state index contributed by atoms with van der Waals surface area (Å²) < 4.78 is 10.8. The third-order valence-electron chi connectivity index (χ3n) is 3.79. The second-order valence-corrected chi connectivity index (χ2v) is 5.69. The van der Waals surface area contributed by atoms with Gasteiger partial charge in [-0.25, -0.2) is 0 Å². The van der Waals surface area contributed by atoms with Crippen LogP contribution in [-0.2, 0) is 11.2 Å². The van der Waals surface area contributed by atoms with E-state index in [0.717, 1.165) is 27.7 Å². The molecule has 0 bridgehead atoms. The molecule has 4 nitrogen and oxygen atoms in total. The lowest BCUT2D eigenvalue weighted by Gasteiger charge is -2.10. The molecule has 0 unspecified atom stereocenters. The lowest BCUT2D eigenvalue weighted by atomic mass is 10.1. The van der Waals surface area contributed by atoms with Crippen LogP contribution >= 0.6 is 0 Å². The molecule has 0 saturated heterocycles. The van der Waals surface area contributed by atoms with Crippen molar-refractivity contribution in [3.05, 3.63) is 59.4 Å². The predicted molar refractivity (Wildman–Crippen MR) is 91.0 cm³/mol. The Bertz CT molecular complexity index is 864. The van der Waals surface area contributed by atoms with Crippen molar-refractivity contribution in [3.8, 4) is 5.75 Å². The van der Waals surface area contributed by atoms with E-state index < -0.39 is 0 Å². The van der Waals surface area contributed by atoms with Crippen LogP contribution in [0.3, 0.4) is 0 Å². The van der Waals surface area contributed by atoms with Crippen molar-refractivity contribution in [1.82, 2.24) is 0 Å². The highest BCUT2D eigenvalue weighted by molar-refractivity contribution is 5.96. The van der Waals surface area contributed by atoms with Gasteiger partial charge in [-0.3, -0.25) is 4.79 Å². The highest BCUT2D eigenvalue weighted by Gasteiger charge is 2.12. The molecule has 0 aliphatic carbocycles. The molecule has 118 valence electrons. The van der Waals surface area contributed by atoms with Crippen LogP contribution in [0.15, 0.2) is 47.1 Å². The van der Waals surface area contributed by atoms with Crippen molar-refractivity contribution in [1.29, 1.82) is 0 Å². The van der Waals surface area contributed by atoms with Gasteiger partial charge in [-0.2, -0.15) is 0 Å². The van der Waals surface area contributed by atoms with Crippen LogP contribution in [0.25, 0.3) is 11.0 Å². The van der Waals surface area contributed by atoms with Gasteiger partial charge in [-0.15, -0.1) is 0 Å². The Morgan fingerprint density at radius 2 is 1.87 bits per heavy atom. The summed E-state index contributed by atoms with van der Waals surface area (Å²) in [7, 11) is 1.59. The third kappa shape index (κ3) is 3.21. The van der Waals surface area contributed by atoms with Gasteiger partial charge in [0.05, 0.1) is 25.5 Å². The standard InChI is InChI=1S/C19H19NO3/c1-12-5-7-17(22-3)16(8-12)20-19(21)10-14-11-23-18-9-13(2)4-6-15(14)18/h4-9,11H,10H2,1-3H3,(H,20,21). The van der Waals surface area contributed by atoms with E-state index in [1.165, 1.54) is 0 Å². The van der Waals surface area contributed by atoms with E-state index >= 15 is 0 Å². The Balaban J connectivity index is 1.80. The topological polar surface area (TPSA) is 51.5 Å². The van der Waals surface area contributed by atoms with Gasteiger partial charge in [-0.05, 0) is 43.2 Å². The molecule has 0 radical (unpaired) electrons. The summed E-state index contributed by atoms with van der Waals surface area (Å²) in [5, 5.41) is 3.89. The van der Waals surface area contributed by atoms with E-state index in [1.54, 1.807) is 13.4 Å². The maximum absolute atomic E-state index is 12.4. The minimum atomic E-state index is -0.0998. The summed E-state index contributed by atoms with van der Waals surface area (Å²) in [4.78, 5) is 12.4. The van der Waals surface area contributed by atoms with Gasteiger partial charge in [0, 0.05) is 10.9 Å². The molecule has 4 heteroatoms. The molecule has 1 aromatic heterocycles. The largest absolute Gasteiger partial charge is 0.495 e. The van der Waals surface area contributed by atoms with Crippen LogP contribution in [0.2, 0.25) is 0 Å². The average molecular weight is 309 g/mol. The van der Waals surface area contributed by atoms with Crippen LogP contribution in [0.1, 0.15) is 16.7 Å². The first-order chi connectivity index (χ1) is 11.1. The van der Waals surface area contributed by atoms with E-state index in [-0.39, 0.29) is 12.3 Å². The number of carbonyl (C=O) groups is 1. The molecule has 23 heavy (non-hydrogen) atoms. The Hall–Kier alpha value is -2.75. The Morgan fingerprint density at radius 1 is 1.13 bits per heavy atom. The number of anilines is 1. The van der Waals surface area contributed by atoms with E-state index in [1.807, 2.05) is 50.2 Å². The van der Waals surface area contributed by atoms with Gasteiger partial charge in [0.1, 0.15) is 11.3 Å². The fourth-order valence-corrected chi connectivity index (χ4v) is 2.61. The lowest BCUT2D eigenvalue weighted by molar-refractivity contribution is -0.115. The fraction of sp³-hybridized carbons (Fsp3) is 0.211. The maximum atomic E-state index is 12.4. The first-order valence-corrected chi connectivity index (χ1v) is 7.48. The Kier molecular flexibility index (Phi) is 4.06. The predicted octanol–water partition coefficient (Wildman–Crippen LogP) is 4.24. The number of ether oxygens (including phenoxy) is 1. The summed E-state index contributed by atoms with van der Waals surface area (Å²) in [5.74, 6) is 0.550. The monoisotopic (exact) mass is 309 g/mol. The molecule has 3 rings (SSSR count). The summed E-state index contributed by atoms with van der Waals surface area (Å²) in [6.45, 7) is 3.99. The number of methoxy groups -OCH3 is 1. The van der Waals surface area contributed by atoms with Crippen LogP contribution in [-0.4, -0.2) is 13.0 Å². The normalized spacial score (nSPS) is 10.7. The molecule has 2 aromatic carbocycles. The zero-order valence-electron chi connectivity index (χ0n) is 13.5. The quantitative estimate of drug-likeness (QED) is 0.784. The van der Waals surface area contributed by atoms with E-state index in [4.69, 9.17) is 9.15 Å². The molecule has 0 saturated carbocycles. The van der Waals surface area contributed by atoms with Crippen molar-refractivity contribution in [2.75, 3.05) is 12.4 Å². The van der Waals surface area contributed by atoms with Crippen LogP contribution in [0, 0.1) is 13.8 Å². The molecule has 0 spiro atoms. The van der Waals surface area contributed by atoms with Crippen LogP contribution in [0.4, 0.5) is 5.69 Å². The second kappa shape index (κ2) is 6.16. The average Bonchev–Trinajstić information content (AvgIpc) is 2.89. The molecule has 1 heterocycles. The molecule has 3 aromatic rings. The molecule has 1 N–H and O–H groups in total. The number of aryl methyl sites for hydroxylation is 2. The number of amides is 1. The number of nitrogens with one attached hydrogen (secondary N) is 1. The molecule has 1 amide bonds. The molecule has 0 aliphatic heterocycles. The number of hydrogen-bond acceptors (Lipinski definition) is 3. The summed E-state index contributed by atoms with van der Waals surface area (Å²) in [5.41, 5.74) is 4.56. The van der Waals surface area contributed by atoms with Crippen molar-refractivity contribution in [2.45, 2.75) is 20.3 Å². The molecular weight excluding hydrogens is 290 g/mol.